The Hall–Kier alpha value is 0.0700. The maximum atomic E-state index is 12.3. The Morgan fingerprint density at radius 1 is 1.24 bits per heavy atom. The zero-order valence-corrected chi connectivity index (χ0v) is 11.8. The van der Waals surface area contributed by atoms with Gasteiger partial charge in [0.25, 0.3) is 0 Å². The third-order valence-corrected chi connectivity index (χ3v) is 11.1. The van der Waals surface area contributed by atoms with Crippen molar-refractivity contribution < 1.29 is 4.21 Å². The van der Waals surface area contributed by atoms with E-state index in [-0.39, 0.29) is 4.75 Å². The van der Waals surface area contributed by atoms with Crippen LogP contribution >= 0.6 is 20.6 Å². The third-order valence-electron chi connectivity index (χ3n) is 4.60. The quantitative estimate of drug-likeness (QED) is 0.730. The Balaban J connectivity index is 1.88. The summed E-state index contributed by atoms with van der Waals surface area (Å²) >= 11 is 0. The van der Waals surface area contributed by atoms with Gasteiger partial charge in [-0.2, -0.15) is 0 Å². The largest absolute Gasteiger partial charge is 0.247 e. The van der Waals surface area contributed by atoms with Gasteiger partial charge in [0.15, 0.2) is 0 Å². The van der Waals surface area contributed by atoms with Crippen LogP contribution in [0.5, 0.6) is 0 Å². The van der Waals surface area contributed by atoms with Crippen LogP contribution in [-0.4, -0.2) is 9.46 Å². The summed E-state index contributed by atoms with van der Waals surface area (Å²) < 4.78 is 12.4. The molecule has 4 heteroatoms. The summed E-state index contributed by atoms with van der Waals surface area (Å²) in [5.41, 5.74) is 1.42. The van der Waals surface area contributed by atoms with Crippen LogP contribution in [0.3, 0.4) is 0 Å². The minimum absolute atomic E-state index is 0.166. The number of hydrogen-bond donors (Lipinski definition) is 0. The van der Waals surface area contributed by atoms with E-state index in [2.05, 4.69) is 30.3 Å². The molecule has 3 fully saturated rings. The first-order valence-corrected chi connectivity index (χ1v) is 10.0. The summed E-state index contributed by atoms with van der Waals surface area (Å²) in [7, 11) is 2.83. The van der Waals surface area contributed by atoms with Crippen LogP contribution in [0.25, 0.3) is 0 Å². The van der Waals surface area contributed by atoms with Crippen molar-refractivity contribution in [2.75, 3.05) is 0 Å². The predicted octanol–water partition coefficient (Wildman–Crippen LogP) is 3.74. The molecule has 2 saturated carbocycles. The summed E-state index contributed by atoms with van der Waals surface area (Å²) in [6.07, 6.45) is 3.94. The lowest BCUT2D eigenvalue weighted by atomic mass is 9.82. The van der Waals surface area contributed by atoms with E-state index in [0.717, 1.165) is 5.92 Å². The number of rotatable bonds is 1. The van der Waals surface area contributed by atoms with Crippen LogP contribution in [0.4, 0.5) is 0 Å². The molecule has 2 bridgehead atoms. The first kappa shape index (κ1) is 10.9. The molecular weight excluding hydrogens is 268 g/mol. The summed E-state index contributed by atoms with van der Waals surface area (Å²) in [5, 5.41) is 0.402. The van der Waals surface area contributed by atoms with Gasteiger partial charge in [-0.15, -0.1) is 0 Å². The van der Waals surface area contributed by atoms with Gasteiger partial charge in [0.05, 0.1) is 19.8 Å². The lowest BCUT2D eigenvalue weighted by Crippen LogP contribution is -2.39. The lowest BCUT2D eigenvalue weighted by molar-refractivity contribution is 0.393. The van der Waals surface area contributed by atoms with Gasteiger partial charge in [-0.1, -0.05) is 41.1 Å². The summed E-state index contributed by atoms with van der Waals surface area (Å²) in [6, 6.07) is 10.8. The van der Waals surface area contributed by atoms with Crippen LogP contribution in [0.15, 0.2) is 30.3 Å². The molecule has 0 N–H and O–H groups in total. The Bertz CT molecular complexity index is 475. The standard InChI is InChI=1S/C13H14OS3/c14-17-12-9-6-7-11(8-9)13(12,15-16-17)10-4-2-1-3-5-10/h1-5,9,11-12H,6-8H2/t9-,11+,12+,13-,17?/m0/s1. The third kappa shape index (κ3) is 1.32. The molecule has 0 aromatic heterocycles. The maximum absolute atomic E-state index is 12.3. The molecule has 1 aromatic rings. The van der Waals surface area contributed by atoms with Gasteiger partial charge < -0.3 is 0 Å². The smallest absolute Gasteiger partial charge is 0.0964 e. The molecule has 17 heavy (non-hydrogen) atoms. The second-order valence-electron chi connectivity index (χ2n) is 5.26. The second kappa shape index (κ2) is 3.78. The minimum Gasteiger partial charge on any atom is -0.247 e. The van der Waals surface area contributed by atoms with Crippen molar-refractivity contribution in [1.82, 2.24) is 0 Å². The van der Waals surface area contributed by atoms with Gasteiger partial charge in [0.2, 0.25) is 0 Å². The zero-order chi connectivity index (χ0) is 11.5. The lowest BCUT2D eigenvalue weighted by Gasteiger charge is -2.36. The molecule has 1 aliphatic heterocycles. The minimum atomic E-state index is -0.688. The number of benzene rings is 1. The van der Waals surface area contributed by atoms with E-state index in [9.17, 15) is 4.21 Å². The molecule has 1 unspecified atom stereocenters. The van der Waals surface area contributed by atoms with Gasteiger partial charge >= 0.3 is 0 Å². The molecule has 0 spiro atoms. The van der Waals surface area contributed by atoms with E-state index in [1.807, 2.05) is 10.8 Å². The molecule has 4 rings (SSSR count). The molecule has 1 aromatic carbocycles. The first-order chi connectivity index (χ1) is 8.32. The Morgan fingerprint density at radius 2 is 2.06 bits per heavy atom. The second-order valence-corrected chi connectivity index (χ2v) is 10.4. The summed E-state index contributed by atoms with van der Waals surface area (Å²) in [6.45, 7) is 0. The molecule has 3 aliphatic rings. The summed E-state index contributed by atoms with van der Waals surface area (Å²) in [5.74, 6) is 1.47. The maximum Gasteiger partial charge on any atom is 0.0964 e. The molecule has 90 valence electrons. The molecular formula is C13H14OS3. The van der Waals surface area contributed by atoms with Gasteiger partial charge in [-0.05, 0) is 36.7 Å². The molecule has 0 amide bonds. The van der Waals surface area contributed by atoms with Crippen LogP contribution in [0, 0.1) is 11.8 Å². The number of hydrogen-bond acceptors (Lipinski definition) is 3. The molecule has 2 aliphatic carbocycles. The van der Waals surface area contributed by atoms with E-state index in [4.69, 9.17) is 0 Å². The molecule has 1 saturated heterocycles. The fraction of sp³-hybridized carbons (Fsp3) is 0.538. The van der Waals surface area contributed by atoms with Gasteiger partial charge in [0.1, 0.15) is 0 Å². The van der Waals surface area contributed by atoms with E-state index in [0.29, 0.717) is 11.2 Å². The number of fused-ring (bicyclic) bond motifs is 5. The van der Waals surface area contributed by atoms with Crippen molar-refractivity contribution in [3.05, 3.63) is 35.9 Å². The van der Waals surface area contributed by atoms with Crippen LogP contribution in [-0.2, 0) is 14.6 Å². The van der Waals surface area contributed by atoms with E-state index in [1.54, 1.807) is 9.83 Å². The van der Waals surface area contributed by atoms with Crippen molar-refractivity contribution in [1.29, 1.82) is 0 Å². The first-order valence-electron chi connectivity index (χ1n) is 6.14. The van der Waals surface area contributed by atoms with Crippen molar-refractivity contribution >= 4 is 30.5 Å². The highest BCUT2D eigenvalue weighted by atomic mass is 33.5. The van der Waals surface area contributed by atoms with Gasteiger partial charge in [0, 0.05) is 9.83 Å². The van der Waals surface area contributed by atoms with Crippen LogP contribution in [0.1, 0.15) is 24.8 Å². The Labute approximate surface area is 111 Å². The molecule has 1 nitrogen and oxygen atoms in total. The molecule has 0 radical (unpaired) electrons. The Kier molecular flexibility index (Phi) is 2.43. The van der Waals surface area contributed by atoms with Crippen molar-refractivity contribution in [3.8, 4) is 0 Å². The highest BCUT2D eigenvalue weighted by Crippen LogP contribution is 2.71. The highest BCUT2D eigenvalue weighted by molar-refractivity contribution is 9.07. The van der Waals surface area contributed by atoms with E-state index in [1.165, 1.54) is 24.8 Å². The van der Waals surface area contributed by atoms with Crippen molar-refractivity contribution in [3.63, 3.8) is 0 Å². The van der Waals surface area contributed by atoms with Gasteiger partial charge in [-0.25, -0.2) is 4.21 Å². The SMILES string of the molecule is O=S1SS[C@@]2(c3ccccc3)[C@@H]3CC[C@@H](C3)[C@@H]12. The fourth-order valence-electron chi connectivity index (χ4n) is 3.96. The van der Waals surface area contributed by atoms with Crippen molar-refractivity contribution in [2.24, 2.45) is 11.8 Å². The topological polar surface area (TPSA) is 17.1 Å². The Morgan fingerprint density at radius 3 is 2.88 bits per heavy atom. The predicted molar refractivity (Wildman–Crippen MR) is 76.1 cm³/mol. The highest BCUT2D eigenvalue weighted by Gasteiger charge is 2.65. The van der Waals surface area contributed by atoms with E-state index >= 15 is 0 Å². The normalized spacial score (nSPS) is 47.3. The monoisotopic (exact) mass is 282 g/mol. The van der Waals surface area contributed by atoms with Crippen LogP contribution < -0.4 is 0 Å². The molecule has 1 heterocycles. The zero-order valence-electron chi connectivity index (χ0n) is 9.37. The summed E-state index contributed by atoms with van der Waals surface area (Å²) in [4.78, 5) is 0. The van der Waals surface area contributed by atoms with Gasteiger partial charge in [-0.3, -0.25) is 0 Å². The molecule has 5 atom stereocenters. The van der Waals surface area contributed by atoms with E-state index < -0.39 is 9.83 Å². The average molecular weight is 282 g/mol. The average Bonchev–Trinajstić information content (AvgIpc) is 3.03. The van der Waals surface area contributed by atoms with Crippen molar-refractivity contribution in [2.45, 2.75) is 29.3 Å². The van der Waals surface area contributed by atoms with Crippen LogP contribution in [0.2, 0.25) is 0 Å². The fourth-order valence-corrected chi connectivity index (χ4v) is 12.1.